The van der Waals surface area contributed by atoms with Crippen molar-refractivity contribution >= 4 is 23.2 Å². The first-order valence-electron chi connectivity index (χ1n) is 4.65. The van der Waals surface area contributed by atoms with E-state index in [1.54, 1.807) is 18.2 Å². The van der Waals surface area contributed by atoms with E-state index in [9.17, 15) is 0 Å². The molecule has 0 aliphatic rings. The largest absolute Gasteiger partial charge is 0.485 e. The quantitative estimate of drug-likeness (QED) is 0.838. The summed E-state index contributed by atoms with van der Waals surface area (Å²) in [4.78, 5) is 0. The van der Waals surface area contributed by atoms with Gasteiger partial charge in [-0.25, -0.2) is 0 Å². The van der Waals surface area contributed by atoms with Gasteiger partial charge in [0.05, 0.1) is 15.7 Å². The normalized spacial score (nSPS) is 10.4. The maximum atomic E-state index is 5.85. The molecule has 0 radical (unpaired) electrons. The maximum Gasteiger partial charge on any atom is 0.174 e. The van der Waals surface area contributed by atoms with Gasteiger partial charge in [-0.3, -0.25) is 0 Å². The molecule has 0 amide bonds. The van der Waals surface area contributed by atoms with Crippen molar-refractivity contribution in [2.75, 3.05) is 0 Å². The number of hydrogen-bond acceptors (Lipinski definition) is 3. The van der Waals surface area contributed by atoms with Gasteiger partial charge in [0.15, 0.2) is 5.76 Å². The van der Waals surface area contributed by atoms with Crippen molar-refractivity contribution in [1.82, 2.24) is 5.16 Å². The molecule has 0 aliphatic heterocycles. The molecule has 0 bridgehead atoms. The van der Waals surface area contributed by atoms with Crippen LogP contribution in [0, 0.1) is 6.92 Å². The number of aryl methyl sites for hydroxylation is 1. The van der Waals surface area contributed by atoms with E-state index >= 15 is 0 Å². The fraction of sp³-hybridized carbons (Fsp3) is 0.182. The number of ether oxygens (including phenoxy) is 1. The Kier molecular flexibility index (Phi) is 3.36. The van der Waals surface area contributed by atoms with Gasteiger partial charge >= 0.3 is 0 Å². The Hall–Kier alpha value is -1.19. The molecule has 0 fully saturated rings. The minimum Gasteiger partial charge on any atom is -0.485 e. The second-order valence-electron chi connectivity index (χ2n) is 3.30. The number of nitrogens with zero attached hydrogens (tertiary/aromatic N) is 1. The lowest BCUT2D eigenvalue weighted by Gasteiger charge is -2.04. The van der Waals surface area contributed by atoms with E-state index in [0.717, 1.165) is 5.69 Å². The van der Waals surface area contributed by atoms with Crippen LogP contribution in [0.1, 0.15) is 11.5 Å². The summed E-state index contributed by atoms with van der Waals surface area (Å²) in [5, 5.41) is 4.73. The molecule has 16 heavy (non-hydrogen) atoms. The molecule has 2 aromatic rings. The van der Waals surface area contributed by atoms with Gasteiger partial charge in [-0.1, -0.05) is 28.4 Å². The second kappa shape index (κ2) is 4.76. The van der Waals surface area contributed by atoms with Crippen molar-refractivity contribution in [2.24, 2.45) is 0 Å². The molecular weight excluding hydrogens is 249 g/mol. The van der Waals surface area contributed by atoms with Crippen molar-refractivity contribution in [3.63, 3.8) is 0 Å². The van der Waals surface area contributed by atoms with Crippen LogP contribution in [0.4, 0.5) is 0 Å². The molecule has 5 heteroatoms. The number of benzene rings is 1. The minimum atomic E-state index is 0.318. The number of hydrogen-bond donors (Lipinski definition) is 0. The molecule has 1 aromatic carbocycles. The standard InChI is InChI=1S/C11H9Cl2NO2/c1-7-4-9(16-14-7)6-15-8-2-3-10(12)11(13)5-8/h2-5H,6H2,1H3. The van der Waals surface area contributed by atoms with Gasteiger partial charge in [0, 0.05) is 12.1 Å². The van der Waals surface area contributed by atoms with Gasteiger partial charge in [0.2, 0.25) is 0 Å². The zero-order chi connectivity index (χ0) is 11.5. The fourth-order valence-electron chi connectivity index (χ4n) is 1.21. The van der Waals surface area contributed by atoms with Crippen LogP contribution in [0.25, 0.3) is 0 Å². The summed E-state index contributed by atoms with van der Waals surface area (Å²) in [5.41, 5.74) is 0.827. The Morgan fingerprint density at radius 3 is 2.69 bits per heavy atom. The van der Waals surface area contributed by atoms with Crippen molar-refractivity contribution in [2.45, 2.75) is 13.5 Å². The monoisotopic (exact) mass is 257 g/mol. The Morgan fingerprint density at radius 1 is 1.25 bits per heavy atom. The first-order valence-corrected chi connectivity index (χ1v) is 5.41. The van der Waals surface area contributed by atoms with E-state index in [4.69, 9.17) is 32.5 Å². The summed E-state index contributed by atoms with van der Waals surface area (Å²) in [5.74, 6) is 1.31. The number of halogens is 2. The Balaban J connectivity index is 2.02. The van der Waals surface area contributed by atoms with Gasteiger partial charge in [0.25, 0.3) is 0 Å². The molecule has 84 valence electrons. The van der Waals surface area contributed by atoms with Gasteiger partial charge in [-0.15, -0.1) is 0 Å². The Labute approximate surface area is 103 Å². The highest BCUT2D eigenvalue weighted by Gasteiger charge is 2.03. The molecule has 3 nitrogen and oxygen atoms in total. The first kappa shape index (κ1) is 11.3. The van der Waals surface area contributed by atoms with Crippen molar-refractivity contribution in [3.05, 3.63) is 45.8 Å². The van der Waals surface area contributed by atoms with Crippen molar-refractivity contribution in [1.29, 1.82) is 0 Å². The van der Waals surface area contributed by atoms with Crippen LogP contribution in [0.5, 0.6) is 5.75 Å². The smallest absolute Gasteiger partial charge is 0.174 e. The molecule has 0 N–H and O–H groups in total. The van der Waals surface area contributed by atoms with Crippen LogP contribution in [0.2, 0.25) is 10.0 Å². The zero-order valence-electron chi connectivity index (χ0n) is 8.54. The average molecular weight is 258 g/mol. The van der Waals surface area contributed by atoms with Crippen LogP contribution in [-0.2, 0) is 6.61 Å². The van der Waals surface area contributed by atoms with Crippen LogP contribution in [0.3, 0.4) is 0 Å². The zero-order valence-corrected chi connectivity index (χ0v) is 10.0. The lowest BCUT2D eigenvalue weighted by molar-refractivity contribution is 0.249. The van der Waals surface area contributed by atoms with Crippen molar-refractivity contribution < 1.29 is 9.26 Å². The fourth-order valence-corrected chi connectivity index (χ4v) is 1.49. The molecular formula is C11H9Cl2NO2. The third kappa shape index (κ3) is 2.68. The maximum absolute atomic E-state index is 5.85. The first-order chi connectivity index (χ1) is 7.65. The van der Waals surface area contributed by atoms with Gasteiger partial charge in [-0.2, -0.15) is 0 Å². The molecule has 0 atom stereocenters. The molecule has 0 spiro atoms. The third-order valence-electron chi connectivity index (χ3n) is 1.95. The summed E-state index contributed by atoms with van der Waals surface area (Å²) >= 11 is 11.6. The molecule has 0 aliphatic carbocycles. The molecule has 2 rings (SSSR count). The lowest BCUT2D eigenvalue weighted by Crippen LogP contribution is -1.93. The SMILES string of the molecule is Cc1cc(COc2ccc(Cl)c(Cl)c2)on1. The highest BCUT2D eigenvalue weighted by Crippen LogP contribution is 2.26. The number of rotatable bonds is 3. The summed E-state index contributed by atoms with van der Waals surface area (Å²) in [7, 11) is 0. The van der Waals surface area contributed by atoms with E-state index in [0.29, 0.717) is 28.2 Å². The predicted octanol–water partition coefficient (Wildman–Crippen LogP) is 3.87. The second-order valence-corrected chi connectivity index (χ2v) is 4.11. The summed E-state index contributed by atoms with van der Waals surface area (Å²) in [6, 6.07) is 6.91. The van der Waals surface area contributed by atoms with Crippen LogP contribution in [0.15, 0.2) is 28.8 Å². The molecule has 1 aromatic heterocycles. The van der Waals surface area contributed by atoms with E-state index in [-0.39, 0.29) is 0 Å². The third-order valence-corrected chi connectivity index (χ3v) is 2.69. The average Bonchev–Trinajstić information content (AvgIpc) is 2.66. The van der Waals surface area contributed by atoms with Gasteiger partial charge in [0.1, 0.15) is 12.4 Å². The van der Waals surface area contributed by atoms with Crippen molar-refractivity contribution in [3.8, 4) is 5.75 Å². The highest BCUT2D eigenvalue weighted by molar-refractivity contribution is 6.42. The highest BCUT2D eigenvalue weighted by atomic mass is 35.5. The number of aromatic nitrogens is 1. The van der Waals surface area contributed by atoms with Crippen LogP contribution in [-0.4, -0.2) is 5.16 Å². The van der Waals surface area contributed by atoms with Gasteiger partial charge < -0.3 is 9.26 Å². The van der Waals surface area contributed by atoms with Gasteiger partial charge in [-0.05, 0) is 19.1 Å². The molecule has 0 unspecified atom stereocenters. The minimum absolute atomic E-state index is 0.318. The topological polar surface area (TPSA) is 35.3 Å². The summed E-state index contributed by atoms with van der Waals surface area (Å²) in [6.07, 6.45) is 0. The Morgan fingerprint density at radius 2 is 2.06 bits per heavy atom. The molecule has 1 heterocycles. The molecule has 0 saturated carbocycles. The van der Waals surface area contributed by atoms with E-state index < -0.39 is 0 Å². The predicted molar refractivity (Wildman–Crippen MR) is 62.0 cm³/mol. The van der Waals surface area contributed by atoms with E-state index in [1.807, 2.05) is 13.0 Å². The summed E-state index contributed by atoms with van der Waals surface area (Å²) in [6.45, 7) is 2.17. The van der Waals surface area contributed by atoms with E-state index in [1.165, 1.54) is 0 Å². The summed E-state index contributed by atoms with van der Waals surface area (Å²) < 4.78 is 10.5. The lowest BCUT2D eigenvalue weighted by atomic mass is 10.3. The van der Waals surface area contributed by atoms with E-state index in [2.05, 4.69) is 5.16 Å². The molecule has 0 saturated heterocycles. The Bertz CT molecular complexity index is 496. The van der Waals surface area contributed by atoms with Crippen LogP contribution < -0.4 is 4.74 Å². The van der Waals surface area contributed by atoms with Crippen LogP contribution >= 0.6 is 23.2 Å².